The minimum Gasteiger partial charge on any atom is -0.309 e. The number of carbonyl (C=O) groups excluding carboxylic acids is 1. The maximum absolute atomic E-state index is 12.4. The van der Waals surface area contributed by atoms with Gasteiger partial charge in [-0.15, -0.1) is 10.2 Å². The molecule has 0 N–H and O–H groups in total. The summed E-state index contributed by atoms with van der Waals surface area (Å²) in [6, 6.07) is 16.2. The van der Waals surface area contributed by atoms with E-state index in [9.17, 15) is 4.79 Å². The second kappa shape index (κ2) is 9.72. The van der Waals surface area contributed by atoms with E-state index < -0.39 is 0 Å². The van der Waals surface area contributed by atoms with Crippen molar-refractivity contribution in [3.63, 3.8) is 0 Å². The van der Waals surface area contributed by atoms with E-state index in [0.29, 0.717) is 17.2 Å². The Morgan fingerprint density at radius 2 is 1.69 bits per heavy atom. The highest BCUT2D eigenvalue weighted by molar-refractivity contribution is 9.10. The van der Waals surface area contributed by atoms with Gasteiger partial charge in [-0.3, -0.25) is 4.79 Å². The molecule has 3 aromatic rings. The van der Waals surface area contributed by atoms with E-state index in [0.717, 1.165) is 21.9 Å². The average molecular weight is 472 g/mol. The van der Waals surface area contributed by atoms with Gasteiger partial charge in [-0.25, -0.2) is 0 Å². The van der Waals surface area contributed by atoms with Crippen molar-refractivity contribution in [2.24, 2.45) is 13.0 Å². The van der Waals surface area contributed by atoms with Crippen LogP contribution in [0.2, 0.25) is 0 Å². The summed E-state index contributed by atoms with van der Waals surface area (Å²) in [5, 5.41) is 9.47. The van der Waals surface area contributed by atoms with Crippen LogP contribution in [-0.4, -0.2) is 26.3 Å². The lowest BCUT2D eigenvalue weighted by molar-refractivity contribution is 0.102. The number of benzene rings is 2. The Morgan fingerprint density at radius 1 is 1.03 bits per heavy atom. The minimum absolute atomic E-state index is 0.0841. The zero-order valence-corrected chi connectivity index (χ0v) is 19.6. The van der Waals surface area contributed by atoms with E-state index >= 15 is 0 Å². The number of Topliss-reactive ketones (excluding diaryl/α,β-unsaturated/α-hetero) is 1. The van der Waals surface area contributed by atoms with Crippen LogP contribution in [0.1, 0.15) is 54.0 Å². The first-order chi connectivity index (χ1) is 13.8. The average Bonchev–Trinajstić information content (AvgIpc) is 3.06. The van der Waals surface area contributed by atoms with Crippen LogP contribution in [0.4, 0.5) is 0 Å². The highest BCUT2D eigenvalue weighted by Gasteiger charge is 2.18. The van der Waals surface area contributed by atoms with Crippen LogP contribution >= 0.6 is 27.7 Å². The highest BCUT2D eigenvalue weighted by atomic mass is 79.9. The lowest BCUT2D eigenvalue weighted by Gasteiger charge is -2.13. The van der Waals surface area contributed by atoms with Crippen molar-refractivity contribution < 1.29 is 4.79 Å². The minimum atomic E-state index is 0.0841. The molecule has 2 aromatic carbocycles. The van der Waals surface area contributed by atoms with Crippen molar-refractivity contribution in [3.05, 3.63) is 75.5 Å². The van der Waals surface area contributed by atoms with Gasteiger partial charge in [0, 0.05) is 23.0 Å². The molecule has 0 amide bonds. The number of thioether (sulfide) groups is 1. The molecule has 1 aromatic heterocycles. The van der Waals surface area contributed by atoms with Gasteiger partial charge in [0.1, 0.15) is 5.82 Å². The zero-order chi connectivity index (χ0) is 21.0. The van der Waals surface area contributed by atoms with E-state index in [1.54, 1.807) is 0 Å². The van der Waals surface area contributed by atoms with Crippen LogP contribution in [0, 0.1) is 5.92 Å². The summed E-state index contributed by atoms with van der Waals surface area (Å²) >= 11 is 4.82. The number of aromatic nitrogens is 3. The first-order valence-corrected chi connectivity index (χ1v) is 11.5. The topological polar surface area (TPSA) is 47.8 Å². The summed E-state index contributed by atoms with van der Waals surface area (Å²) in [5.41, 5.74) is 3.28. The van der Waals surface area contributed by atoms with Gasteiger partial charge in [-0.05, 0) is 35.6 Å². The van der Waals surface area contributed by atoms with Crippen LogP contribution in [0.15, 0.2) is 58.2 Å². The van der Waals surface area contributed by atoms with Crippen molar-refractivity contribution in [2.75, 3.05) is 5.75 Å². The Hall–Kier alpha value is -1.92. The van der Waals surface area contributed by atoms with Gasteiger partial charge in [-0.1, -0.05) is 84.9 Å². The quantitative estimate of drug-likeness (QED) is 0.302. The number of ketones is 1. The molecule has 0 saturated carbocycles. The van der Waals surface area contributed by atoms with Crippen LogP contribution in [0.5, 0.6) is 0 Å². The number of rotatable bonds is 8. The smallest absolute Gasteiger partial charge is 0.191 e. The fourth-order valence-electron chi connectivity index (χ4n) is 3.24. The molecule has 0 radical (unpaired) electrons. The molecule has 0 saturated heterocycles. The zero-order valence-electron chi connectivity index (χ0n) is 17.2. The predicted molar refractivity (Wildman–Crippen MR) is 123 cm³/mol. The van der Waals surface area contributed by atoms with Crippen molar-refractivity contribution in [1.29, 1.82) is 0 Å². The van der Waals surface area contributed by atoms with Gasteiger partial charge in [0.25, 0.3) is 0 Å². The number of hydrogen-bond acceptors (Lipinski definition) is 4. The standard InChI is InChI=1S/C23H26BrN3OS/c1-15(2)13-17-5-7-18(8-6-17)16(3)22-25-26-23(27(22)4)29-14-21(28)19-9-11-20(24)12-10-19/h5-12,15-16H,13-14H2,1-4H3. The molecule has 1 unspecified atom stereocenters. The van der Waals surface area contributed by atoms with E-state index in [2.05, 4.69) is 71.2 Å². The predicted octanol–water partition coefficient (Wildman–Crippen LogP) is 5.90. The van der Waals surface area contributed by atoms with Gasteiger partial charge >= 0.3 is 0 Å². The number of hydrogen-bond donors (Lipinski definition) is 0. The molecule has 0 bridgehead atoms. The largest absolute Gasteiger partial charge is 0.309 e. The Bertz CT molecular complexity index is 965. The summed E-state index contributed by atoms with van der Waals surface area (Å²) in [7, 11) is 1.96. The van der Waals surface area contributed by atoms with E-state index in [1.807, 2.05) is 35.9 Å². The van der Waals surface area contributed by atoms with E-state index in [-0.39, 0.29) is 11.7 Å². The molecular weight excluding hydrogens is 446 g/mol. The third-order valence-corrected chi connectivity index (χ3v) is 6.43. The lowest BCUT2D eigenvalue weighted by atomic mass is 9.96. The molecule has 0 aliphatic carbocycles. The summed E-state index contributed by atoms with van der Waals surface area (Å²) in [5.74, 6) is 2.11. The van der Waals surface area contributed by atoms with Crippen LogP contribution in [0.3, 0.4) is 0 Å². The molecule has 0 aliphatic rings. The fourth-order valence-corrected chi connectivity index (χ4v) is 4.32. The first kappa shape index (κ1) is 21.8. The highest BCUT2D eigenvalue weighted by Crippen LogP contribution is 2.26. The number of carbonyl (C=O) groups is 1. The molecule has 1 atom stereocenters. The Labute approximate surface area is 185 Å². The normalized spacial score (nSPS) is 12.3. The Balaban J connectivity index is 1.66. The van der Waals surface area contributed by atoms with Gasteiger partial charge in [0.05, 0.1) is 5.75 Å². The molecule has 0 spiro atoms. The monoisotopic (exact) mass is 471 g/mol. The van der Waals surface area contributed by atoms with Gasteiger partial charge < -0.3 is 4.57 Å². The third-order valence-electron chi connectivity index (χ3n) is 4.88. The van der Waals surface area contributed by atoms with Gasteiger partial charge in [0.15, 0.2) is 10.9 Å². The van der Waals surface area contributed by atoms with Crippen LogP contribution in [0.25, 0.3) is 0 Å². The lowest BCUT2D eigenvalue weighted by Crippen LogP contribution is -2.07. The number of nitrogens with zero attached hydrogens (tertiary/aromatic N) is 3. The van der Waals surface area contributed by atoms with Gasteiger partial charge in [0.2, 0.25) is 0 Å². The third kappa shape index (κ3) is 5.58. The second-order valence-electron chi connectivity index (χ2n) is 7.68. The Kier molecular flexibility index (Phi) is 7.30. The van der Waals surface area contributed by atoms with Crippen molar-refractivity contribution >= 4 is 33.5 Å². The summed E-state index contributed by atoms with van der Waals surface area (Å²) in [4.78, 5) is 12.4. The second-order valence-corrected chi connectivity index (χ2v) is 9.54. The van der Waals surface area contributed by atoms with E-state index in [4.69, 9.17) is 0 Å². The fraction of sp³-hybridized carbons (Fsp3) is 0.348. The summed E-state index contributed by atoms with van der Waals surface area (Å²) in [6.45, 7) is 6.61. The first-order valence-electron chi connectivity index (χ1n) is 9.75. The van der Waals surface area contributed by atoms with E-state index in [1.165, 1.54) is 22.9 Å². The summed E-state index contributed by atoms with van der Waals surface area (Å²) < 4.78 is 2.96. The molecule has 0 aliphatic heterocycles. The van der Waals surface area contributed by atoms with Crippen molar-refractivity contribution in [2.45, 2.75) is 38.3 Å². The van der Waals surface area contributed by atoms with Gasteiger partial charge in [-0.2, -0.15) is 0 Å². The summed E-state index contributed by atoms with van der Waals surface area (Å²) in [6.07, 6.45) is 1.09. The molecule has 1 heterocycles. The molecule has 3 rings (SSSR count). The van der Waals surface area contributed by atoms with Crippen molar-refractivity contribution in [1.82, 2.24) is 14.8 Å². The molecule has 0 fully saturated rings. The maximum Gasteiger partial charge on any atom is 0.191 e. The Morgan fingerprint density at radius 3 is 2.31 bits per heavy atom. The molecule has 152 valence electrons. The number of halogens is 1. The van der Waals surface area contributed by atoms with Crippen LogP contribution in [-0.2, 0) is 13.5 Å². The molecule has 4 nitrogen and oxygen atoms in total. The maximum atomic E-state index is 12.4. The SMILES string of the molecule is CC(C)Cc1ccc(C(C)c2nnc(SCC(=O)c3ccc(Br)cc3)n2C)cc1. The molecular formula is C23H26BrN3OS. The molecule has 29 heavy (non-hydrogen) atoms. The molecule has 6 heteroatoms. The van der Waals surface area contributed by atoms with Crippen LogP contribution < -0.4 is 0 Å². The van der Waals surface area contributed by atoms with Crippen molar-refractivity contribution in [3.8, 4) is 0 Å².